The lowest BCUT2D eigenvalue weighted by molar-refractivity contribution is -0.137. The van der Waals surface area contributed by atoms with Crippen molar-refractivity contribution in [2.24, 2.45) is 0 Å². The zero-order chi connectivity index (χ0) is 18.7. The number of benzene rings is 1. The number of hydrogen-bond acceptors (Lipinski definition) is 4. The molecule has 1 amide bonds. The van der Waals surface area contributed by atoms with Crippen LogP contribution in [0.1, 0.15) is 51.0 Å². The fourth-order valence-electron chi connectivity index (χ4n) is 3.83. The van der Waals surface area contributed by atoms with Crippen molar-refractivity contribution in [3.8, 4) is 0 Å². The normalized spacial score (nSPS) is 29.1. The number of amides is 1. The summed E-state index contributed by atoms with van der Waals surface area (Å²) in [5.74, 6) is -0.633. The van der Waals surface area contributed by atoms with Gasteiger partial charge < -0.3 is 10.1 Å². The van der Waals surface area contributed by atoms with Gasteiger partial charge in [-0.15, -0.1) is 0 Å². The van der Waals surface area contributed by atoms with Crippen LogP contribution in [-0.2, 0) is 19.6 Å². The molecule has 6 nitrogen and oxygen atoms in total. The molecule has 4 rings (SSSR count). The number of ether oxygens (including phenoxy) is 1. The zero-order valence-corrected chi connectivity index (χ0v) is 15.7. The van der Waals surface area contributed by atoms with Gasteiger partial charge in [-0.2, -0.15) is 4.31 Å². The van der Waals surface area contributed by atoms with Crippen molar-refractivity contribution in [3.05, 3.63) is 29.6 Å². The Morgan fingerprint density at radius 3 is 2.62 bits per heavy atom. The molecule has 1 unspecified atom stereocenters. The van der Waals surface area contributed by atoms with Gasteiger partial charge in [-0.3, -0.25) is 4.79 Å². The van der Waals surface area contributed by atoms with E-state index in [0.29, 0.717) is 18.8 Å². The highest BCUT2D eigenvalue weighted by molar-refractivity contribution is 7.89. The van der Waals surface area contributed by atoms with E-state index in [-0.39, 0.29) is 23.9 Å². The summed E-state index contributed by atoms with van der Waals surface area (Å²) in [5, 5.41) is 2.80. The van der Waals surface area contributed by atoms with Crippen molar-refractivity contribution in [3.63, 3.8) is 0 Å². The smallest absolute Gasteiger partial charge is 0.254 e. The van der Waals surface area contributed by atoms with Gasteiger partial charge in [0.2, 0.25) is 10.0 Å². The number of hydrogen-bond donors (Lipinski definition) is 1. The van der Waals surface area contributed by atoms with E-state index >= 15 is 0 Å². The Hall–Kier alpha value is -1.51. The van der Waals surface area contributed by atoms with E-state index in [9.17, 15) is 17.6 Å². The molecule has 2 aliphatic heterocycles. The predicted octanol–water partition coefficient (Wildman–Crippen LogP) is 2.11. The molecule has 8 heteroatoms. The van der Waals surface area contributed by atoms with E-state index in [0.717, 1.165) is 18.4 Å². The number of carbonyl (C=O) groups excluding carboxylic acids is 1. The maximum Gasteiger partial charge on any atom is 0.254 e. The van der Waals surface area contributed by atoms with Gasteiger partial charge in [-0.1, -0.05) is 6.07 Å². The van der Waals surface area contributed by atoms with Crippen LogP contribution < -0.4 is 5.32 Å². The molecule has 1 N–H and O–H groups in total. The predicted molar refractivity (Wildman–Crippen MR) is 92.4 cm³/mol. The Labute approximate surface area is 152 Å². The van der Waals surface area contributed by atoms with Crippen LogP contribution in [0.2, 0.25) is 0 Å². The molecule has 3 aliphatic rings. The number of rotatable bonds is 3. The first-order chi connectivity index (χ1) is 12.1. The van der Waals surface area contributed by atoms with Crippen molar-refractivity contribution in [1.82, 2.24) is 9.62 Å². The summed E-state index contributed by atoms with van der Waals surface area (Å²) >= 11 is 0. The number of piperidine rings is 1. The van der Waals surface area contributed by atoms with Gasteiger partial charge in [0.05, 0.1) is 6.54 Å². The first-order valence-electron chi connectivity index (χ1n) is 8.95. The highest BCUT2D eigenvalue weighted by Crippen LogP contribution is 2.41. The average molecular weight is 382 g/mol. The first-order valence-corrected chi connectivity index (χ1v) is 10.4. The van der Waals surface area contributed by atoms with Gasteiger partial charge in [0.25, 0.3) is 5.91 Å². The second-order valence-corrected chi connectivity index (χ2v) is 9.87. The molecular weight excluding hydrogens is 359 g/mol. The molecule has 0 radical (unpaired) electrons. The number of sulfonamides is 1. The molecule has 26 heavy (non-hydrogen) atoms. The Morgan fingerprint density at radius 1 is 1.31 bits per heavy atom. The third-order valence-electron chi connectivity index (χ3n) is 5.38. The van der Waals surface area contributed by atoms with E-state index in [1.54, 1.807) is 19.9 Å². The van der Waals surface area contributed by atoms with Crippen molar-refractivity contribution in [2.75, 3.05) is 13.1 Å². The van der Waals surface area contributed by atoms with Crippen LogP contribution in [-0.4, -0.2) is 43.0 Å². The molecule has 1 atom stereocenters. The number of halogens is 1. The lowest BCUT2D eigenvalue weighted by Crippen LogP contribution is -2.56. The summed E-state index contributed by atoms with van der Waals surface area (Å²) in [6.45, 7) is 3.56. The average Bonchev–Trinajstić information content (AvgIpc) is 3.35. The van der Waals surface area contributed by atoms with Gasteiger partial charge >= 0.3 is 0 Å². The summed E-state index contributed by atoms with van der Waals surface area (Å²) < 4.78 is 47.6. The molecular formula is C18H23FN2O4S. The lowest BCUT2D eigenvalue weighted by Gasteiger charge is -2.39. The van der Waals surface area contributed by atoms with Crippen LogP contribution in [0.15, 0.2) is 23.1 Å². The van der Waals surface area contributed by atoms with Crippen molar-refractivity contribution >= 4 is 15.9 Å². The summed E-state index contributed by atoms with van der Waals surface area (Å²) in [6.07, 6.45) is 3.09. The minimum atomic E-state index is -4.01. The molecule has 0 aromatic heterocycles. The Balaban J connectivity index is 1.61. The van der Waals surface area contributed by atoms with Crippen molar-refractivity contribution in [2.45, 2.75) is 61.7 Å². The molecule has 1 aromatic carbocycles. The van der Waals surface area contributed by atoms with Crippen LogP contribution in [0.4, 0.5) is 4.39 Å². The van der Waals surface area contributed by atoms with E-state index in [2.05, 4.69) is 5.32 Å². The topological polar surface area (TPSA) is 75.7 Å². The monoisotopic (exact) mass is 382 g/mol. The van der Waals surface area contributed by atoms with Gasteiger partial charge in [0, 0.05) is 6.54 Å². The van der Waals surface area contributed by atoms with Gasteiger partial charge in [-0.05, 0) is 63.1 Å². The van der Waals surface area contributed by atoms with E-state index in [1.165, 1.54) is 16.4 Å². The van der Waals surface area contributed by atoms with Gasteiger partial charge in [0.15, 0.2) is 5.72 Å². The Bertz CT molecular complexity index is 866. The number of carbonyl (C=O) groups is 1. The highest BCUT2D eigenvalue weighted by Gasteiger charge is 2.53. The minimum Gasteiger partial charge on any atom is -0.339 e. The maximum atomic E-state index is 14.5. The fraction of sp³-hybridized carbons (Fsp3) is 0.611. The molecule has 2 heterocycles. The quantitative estimate of drug-likeness (QED) is 0.869. The SMILES string of the molecule is CC1(C)OC2(CCCN(S(=O)(=O)c3ccc(C4CC4)cc3F)C2)NC1=O. The van der Waals surface area contributed by atoms with Crippen LogP contribution in [0.5, 0.6) is 0 Å². The van der Waals surface area contributed by atoms with E-state index < -0.39 is 27.2 Å². The number of nitrogens with zero attached hydrogens (tertiary/aromatic N) is 1. The summed E-state index contributed by atoms with van der Waals surface area (Å²) in [7, 11) is -4.01. The second kappa shape index (κ2) is 5.74. The standard InChI is InChI=1S/C18H23FN2O4S/c1-17(2)16(22)20-18(25-17)8-3-9-21(11-18)26(23,24)15-7-6-13(10-14(15)19)12-4-5-12/h6-7,10,12H,3-5,8-9,11H2,1-2H3,(H,20,22). The fourth-order valence-corrected chi connectivity index (χ4v) is 5.40. The first kappa shape index (κ1) is 17.9. The summed E-state index contributed by atoms with van der Waals surface area (Å²) in [4.78, 5) is 11.8. The summed E-state index contributed by atoms with van der Waals surface area (Å²) in [6, 6.07) is 4.39. The summed E-state index contributed by atoms with van der Waals surface area (Å²) in [5.41, 5.74) is -1.20. The van der Waals surface area contributed by atoms with Crippen LogP contribution in [0.25, 0.3) is 0 Å². The Morgan fingerprint density at radius 2 is 2.04 bits per heavy atom. The molecule has 0 bridgehead atoms. The third kappa shape index (κ3) is 2.93. The molecule has 2 saturated heterocycles. The molecule has 142 valence electrons. The van der Waals surface area contributed by atoms with Crippen LogP contribution >= 0.6 is 0 Å². The highest BCUT2D eigenvalue weighted by atomic mass is 32.2. The molecule has 1 spiro atoms. The number of nitrogens with one attached hydrogen (secondary N) is 1. The van der Waals surface area contributed by atoms with Crippen LogP contribution in [0.3, 0.4) is 0 Å². The minimum absolute atomic E-state index is 0.0195. The van der Waals surface area contributed by atoms with Gasteiger partial charge in [-0.25, -0.2) is 12.8 Å². The zero-order valence-electron chi connectivity index (χ0n) is 14.9. The maximum absolute atomic E-state index is 14.5. The van der Waals surface area contributed by atoms with E-state index in [4.69, 9.17) is 4.74 Å². The third-order valence-corrected chi connectivity index (χ3v) is 7.26. The van der Waals surface area contributed by atoms with Crippen molar-refractivity contribution in [1.29, 1.82) is 0 Å². The molecule has 1 aromatic rings. The van der Waals surface area contributed by atoms with Crippen LogP contribution in [0, 0.1) is 5.82 Å². The van der Waals surface area contributed by atoms with Gasteiger partial charge in [0.1, 0.15) is 16.3 Å². The lowest BCUT2D eigenvalue weighted by atomic mass is 10.0. The Kier molecular flexibility index (Phi) is 3.95. The largest absolute Gasteiger partial charge is 0.339 e. The molecule has 1 aliphatic carbocycles. The second-order valence-electron chi connectivity index (χ2n) is 7.97. The molecule has 3 fully saturated rings. The van der Waals surface area contributed by atoms with E-state index in [1.807, 2.05) is 0 Å². The molecule has 1 saturated carbocycles. The van der Waals surface area contributed by atoms with Crippen molar-refractivity contribution < 1.29 is 22.3 Å².